The van der Waals surface area contributed by atoms with Crippen LogP contribution in [0.1, 0.15) is 43.1 Å². The predicted octanol–water partition coefficient (Wildman–Crippen LogP) is 7.22. The van der Waals surface area contributed by atoms with Gasteiger partial charge < -0.3 is 13.9 Å². The standard InChI is InChI=1S/C30H26FNO4/c1-3-4-5-17-35-30-22(7-6-8-27(30)34-2)13-15-26-28(21-11-9-20(19-32)10-12-21)29(33)24-18-23(31)14-16-25(24)36-26/h6-16,18H,3-5,17H2,1-2H3/b15-13+. The molecule has 182 valence electrons. The SMILES string of the molecule is CCCCCOc1c(/C=C/c2oc3ccc(F)cc3c(=O)c2-c2ccc(C#N)cc2)cccc1OC. The summed E-state index contributed by atoms with van der Waals surface area (Å²) in [6, 6.07) is 18.1. The molecule has 0 atom stereocenters. The van der Waals surface area contributed by atoms with Crippen molar-refractivity contribution >= 4 is 23.1 Å². The lowest BCUT2D eigenvalue weighted by molar-refractivity contribution is 0.285. The number of fused-ring (bicyclic) bond motifs is 1. The van der Waals surface area contributed by atoms with Gasteiger partial charge in [0.15, 0.2) is 11.5 Å². The third kappa shape index (κ3) is 5.31. The van der Waals surface area contributed by atoms with Crippen LogP contribution in [0.5, 0.6) is 11.5 Å². The summed E-state index contributed by atoms with van der Waals surface area (Å²) in [6.07, 6.45) is 6.59. The summed E-state index contributed by atoms with van der Waals surface area (Å²) in [5.74, 6) is 1.00. The van der Waals surface area contributed by atoms with Crippen molar-refractivity contribution in [2.45, 2.75) is 26.2 Å². The highest BCUT2D eigenvalue weighted by Gasteiger charge is 2.16. The van der Waals surface area contributed by atoms with E-state index < -0.39 is 5.82 Å². The third-order valence-electron chi connectivity index (χ3n) is 5.82. The highest BCUT2D eigenvalue weighted by molar-refractivity contribution is 5.87. The smallest absolute Gasteiger partial charge is 0.201 e. The van der Waals surface area contributed by atoms with Crippen LogP contribution in [0.4, 0.5) is 4.39 Å². The lowest BCUT2D eigenvalue weighted by atomic mass is 10.00. The largest absolute Gasteiger partial charge is 0.493 e. The molecule has 0 amide bonds. The van der Waals surface area contributed by atoms with Crippen molar-refractivity contribution in [1.82, 2.24) is 0 Å². The maximum absolute atomic E-state index is 13.9. The number of rotatable bonds is 9. The topological polar surface area (TPSA) is 72.5 Å². The molecule has 5 nitrogen and oxygen atoms in total. The molecule has 0 saturated heterocycles. The van der Waals surface area contributed by atoms with Gasteiger partial charge >= 0.3 is 0 Å². The number of hydrogen-bond acceptors (Lipinski definition) is 5. The van der Waals surface area contributed by atoms with Gasteiger partial charge in [0.25, 0.3) is 0 Å². The minimum absolute atomic E-state index is 0.146. The first-order chi connectivity index (χ1) is 17.5. The fraction of sp³-hybridized carbons (Fsp3) is 0.200. The second kappa shape index (κ2) is 11.4. The number of nitriles is 1. The second-order valence-corrected chi connectivity index (χ2v) is 8.27. The molecule has 4 rings (SSSR count). The van der Waals surface area contributed by atoms with Gasteiger partial charge in [-0.3, -0.25) is 4.79 Å². The molecule has 4 aromatic rings. The first-order valence-electron chi connectivity index (χ1n) is 11.8. The van der Waals surface area contributed by atoms with E-state index in [1.165, 1.54) is 18.2 Å². The van der Waals surface area contributed by atoms with Gasteiger partial charge in [-0.1, -0.05) is 44.0 Å². The molecule has 0 saturated carbocycles. The fourth-order valence-electron chi connectivity index (χ4n) is 3.96. The maximum atomic E-state index is 13.9. The third-order valence-corrected chi connectivity index (χ3v) is 5.82. The summed E-state index contributed by atoms with van der Waals surface area (Å²) in [5, 5.41) is 9.29. The van der Waals surface area contributed by atoms with E-state index in [9.17, 15) is 9.18 Å². The Morgan fingerprint density at radius 3 is 2.58 bits per heavy atom. The molecule has 0 bridgehead atoms. The van der Waals surface area contributed by atoms with Gasteiger partial charge in [-0.25, -0.2) is 4.39 Å². The van der Waals surface area contributed by atoms with Crippen LogP contribution < -0.4 is 14.9 Å². The zero-order chi connectivity index (χ0) is 25.5. The van der Waals surface area contributed by atoms with E-state index in [0.717, 1.165) is 24.8 Å². The molecule has 3 aromatic carbocycles. The Hall–Kier alpha value is -4.37. The van der Waals surface area contributed by atoms with Crippen LogP contribution in [0.3, 0.4) is 0 Å². The fourth-order valence-corrected chi connectivity index (χ4v) is 3.96. The highest BCUT2D eigenvalue weighted by atomic mass is 19.1. The van der Waals surface area contributed by atoms with Crippen LogP contribution in [-0.2, 0) is 0 Å². The quantitative estimate of drug-likeness (QED) is 0.235. The summed E-state index contributed by atoms with van der Waals surface area (Å²) >= 11 is 0. The number of unbranched alkanes of at least 4 members (excludes halogenated alkanes) is 2. The second-order valence-electron chi connectivity index (χ2n) is 8.27. The molecule has 0 radical (unpaired) electrons. The van der Waals surface area contributed by atoms with Crippen LogP contribution in [0.2, 0.25) is 0 Å². The number of nitrogens with zero attached hydrogens (tertiary/aromatic N) is 1. The van der Waals surface area contributed by atoms with Crippen molar-refractivity contribution in [2.75, 3.05) is 13.7 Å². The Balaban J connectivity index is 1.83. The van der Waals surface area contributed by atoms with Gasteiger partial charge in [0.1, 0.15) is 17.2 Å². The normalized spacial score (nSPS) is 11.1. The van der Waals surface area contributed by atoms with Crippen molar-refractivity contribution in [1.29, 1.82) is 5.26 Å². The van der Waals surface area contributed by atoms with E-state index in [1.807, 2.05) is 18.2 Å². The molecule has 0 unspecified atom stereocenters. The van der Waals surface area contributed by atoms with Gasteiger partial charge in [0.2, 0.25) is 5.43 Å². The lowest BCUT2D eigenvalue weighted by Crippen LogP contribution is -2.08. The Kier molecular flexibility index (Phi) is 7.82. The molecule has 0 aliphatic carbocycles. The summed E-state index contributed by atoms with van der Waals surface area (Å²) in [4.78, 5) is 13.5. The molecular weight excluding hydrogens is 457 g/mol. The van der Waals surface area contributed by atoms with Crippen molar-refractivity contribution in [3.63, 3.8) is 0 Å². The van der Waals surface area contributed by atoms with Gasteiger partial charge in [-0.05, 0) is 60.5 Å². The van der Waals surface area contributed by atoms with Crippen molar-refractivity contribution in [3.05, 3.63) is 93.6 Å². The Labute approximate surface area is 209 Å². The average molecular weight is 484 g/mol. The highest BCUT2D eigenvalue weighted by Crippen LogP contribution is 2.34. The molecule has 0 fully saturated rings. The maximum Gasteiger partial charge on any atom is 0.201 e. The monoisotopic (exact) mass is 483 g/mol. The molecule has 0 N–H and O–H groups in total. The van der Waals surface area contributed by atoms with Gasteiger partial charge in [-0.2, -0.15) is 5.26 Å². The van der Waals surface area contributed by atoms with Crippen molar-refractivity contribution in [3.8, 4) is 28.7 Å². The van der Waals surface area contributed by atoms with Crippen molar-refractivity contribution in [2.24, 2.45) is 0 Å². The number of methoxy groups -OCH3 is 1. The molecule has 0 aliphatic rings. The number of ether oxygens (including phenoxy) is 2. The van der Waals surface area contributed by atoms with E-state index in [-0.39, 0.29) is 22.0 Å². The first-order valence-corrected chi connectivity index (χ1v) is 11.8. The molecule has 1 heterocycles. The van der Waals surface area contributed by atoms with E-state index in [4.69, 9.17) is 19.2 Å². The van der Waals surface area contributed by atoms with Crippen LogP contribution in [0.15, 0.2) is 69.9 Å². The lowest BCUT2D eigenvalue weighted by Gasteiger charge is -2.13. The minimum atomic E-state index is -0.523. The van der Waals surface area contributed by atoms with Crippen LogP contribution in [0, 0.1) is 17.1 Å². The van der Waals surface area contributed by atoms with E-state index in [0.29, 0.717) is 35.0 Å². The van der Waals surface area contributed by atoms with E-state index >= 15 is 0 Å². The average Bonchev–Trinajstić information content (AvgIpc) is 2.90. The van der Waals surface area contributed by atoms with Crippen LogP contribution >= 0.6 is 0 Å². The minimum Gasteiger partial charge on any atom is -0.493 e. The molecule has 0 spiro atoms. The summed E-state index contributed by atoms with van der Waals surface area (Å²) in [6.45, 7) is 2.69. The number of halogens is 1. The van der Waals surface area contributed by atoms with Crippen LogP contribution in [0.25, 0.3) is 34.2 Å². The summed E-state index contributed by atoms with van der Waals surface area (Å²) in [7, 11) is 1.59. The van der Waals surface area contributed by atoms with Gasteiger partial charge in [-0.15, -0.1) is 0 Å². The molecule has 6 heteroatoms. The Morgan fingerprint density at radius 2 is 1.86 bits per heavy atom. The zero-order valence-electron chi connectivity index (χ0n) is 20.2. The summed E-state index contributed by atoms with van der Waals surface area (Å²) < 4.78 is 31.6. The Morgan fingerprint density at radius 1 is 1.06 bits per heavy atom. The van der Waals surface area contributed by atoms with Crippen LogP contribution in [-0.4, -0.2) is 13.7 Å². The number of hydrogen-bond donors (Lipinski definition) is 0. The molecular formula is C30H26FNO4. The van der Waals surface area contributed by atoms with Crippen molar-refractivity contribution < 1.29 is 18.3 Å². The van der Waals surface area contributed by atoms with Gasteiger partial charge in [0, 0.05) is 5.56 Å². The van der Waals surface area contributed by atoms with Gasteiger partial charge in [0.05, 0.1) is 36.3 Å². The molecule has 0 aliphatic heterocycles. The predicted molar refractivity (Wildman–Crippen MR) is 140 cm³/mol. The van der Waals surface area contributed by atoms with E-state index in [1.54, 1.807) is 43.5 Å². The first kappa shape index (κ1) is 24.7. The summed E-state index contributed by atoms with van der Waals surface area (Å²) in [5.41, 5.74) is 1.99. The molecule has 1 aromatic heterocycles. The Bertz CT molecular complexity index is 1500. The zero-order valence-corrected chi connectivity index (χ0v) is 20.2. The number of benzene rings is 3. The van der Waals surface area contributed by atoms with E-state index in [2.05, 4.69) is 13.0 Å². The molecule has 36 heavy (non-hydrogen) atoms. The number of para-hydroxylation sites is 1.